The molecule has 6 nitrogen and oxygen atoms in total. The van der Waals surface area contributed by atoms with Gasteiger partial charge in [-0.2, -0.15) is 0 Å². The molecule has 0 saturated heterocycles. The zero-order chi connectivity index (χ0) is 20.5. The number of carboxylic acid groups (broad SMARTS) is 1. The van der Waals surface area contributed by atoms with Crippen molar-refractivity contribution in [2.45, 2.75) is 14.0 Å². The zero-order valence-electron chi connectivity index (χ0n) is 14.7. The summed E-state index contributed by atoms with van der Waals surface area (Å²) in [4.78, 5) is 11.7. The van der Waals surface area contributed by atoms with Crippen LogP contribution in [0.4, 0.5) is 0 Å². The molecule has 28 heavy (non-hydrogen) atoms. The second-order valence-electron chi connectivity index (χ2n) is 5.79. The maximum Gasteiger partial charge on any atom is 0.335 e. The average Bonchev–Trinajstić information content (AvgIpc) is 3.14. The molecule has 0 fully saturated rings. The lowest BCUT2D eigenvalue weighted by Gasteiger charge is -2.08. The summed E-state index contributed by atoms with van der Waals surface area (Å²) in [5.41, 5.74) is 7.04. The first-order chi connectivity index (χ1) is 13.2. The van der Waals surface area contributed by atoms with E-state index in [1.54, 1.807) is 36.6 Å². The molecule has 3 aromatic rings. The van der Waals surface area contributed by atoms with Gasteiger partial charge in [-0.1, -0.05) is 24.3 Å². The Morgan fingerprint density at radius 3 is 2.36 bits per heavy atom. The van der Waals surface area contributed by atoms with Gasteiger partial charge >= 0.3 is 5.97 Å². The molecule has 0 amide bonds. The maximum atomic E-state index is 13.2. The molecule has 144 valence electrons. The quantitative estimate of drug-likeness (QED) is 0.308. The van der Waals surface area contributed by atoms with Gasteiger partial charge in [0.15, 0.2) is 0 Å². The van der Waals surface area contributed by atoms with E-state index in [1.807, 2.05) is 0 Å². The fourth-order valence-corrected chi connectivity index (χ4v) is 6.50. The Bertz CT molecular complexity index is 1170. The van der Waals surface area contributed by atoms with Gasteiger partial charge in [0.05, 0.1) is 24.4 Å². The molecular formula is C19H16N2O4S3. The summed E-state index contributed by atoms with van der Waals surface area (Å²) in [6, 6.07) is 14.1. The molecule has 0 saturated carbocycles. The number of thioether (sulfide) groups is 1. The first-order valence-electron chi connectivity index (χ1n) is 7.95. The number of rotatable bonds is 6. The predicted octanol–water partition coefficient (Wildman–Crippen LogP) is 3.95. The van der Waals surface area contributed by atoms with Crippen LogP contribution in [0.3, 0.4) is 0 Å². The third kappa shape index (κ3) is 3.82. The molecular weight excluding hydrogens is 416 g/mol. The van der Waals surface area contributed by atoms with Gasteiger partial charge in [-0.25, -0.2) is 13.2 Å². The van der Waals surface area contributed by atoms with Crippen LogP contribution in [-0.4, -0.2) is 31.6 Å². The molecule has 0 spiro atoms. The number of sulfone groups is 1. The molecule has 0 aliphatic rings. The number of carbonyl (C=O) groups is 1. The number of nitrogen functional groups attached to an aromatic ring is 1. The molecule has 0 atom stereocenters. The second-order valence-corrected chi connectivity index (χ2v) is 9.84. The summed E-state index contributed by atoms with van der Waals surface area (Å²) >= 11 is 2.46. The van der Waals surface area contributed by atoms with Gasteiger partial charge in [0.2, 0.25) is 9.84 Å². The summed E-state index contributed by atoms with van der Waals surface area (Å²) in [5, 5.41) is 16.6. The van der Waals surface area contributed by atoms with E-state index >= 15 is 0 Å². The van der Waals surface area contributed by atoms with Crippen molar-refractivity contribution in [3.8, 4) is 11.1 Å². The first kappa shape index (κ1) is 20.1. The monoisotopic (exact) mass is 432 g/mol. The van der Waals surface area contributed by atoms with Crippen molar-refractivity contribution >= 4 is 44.7 Å². The SMILES string of the molecule is CSc1sc(C(=N)N)cc1S(=O)(=O)c1cccc(-c2ccc(C(=O)O)cc2)c1. The molecule has 1 aromatic heterocycles. The van der Waals surface area contributed by atoms with E-state index < -0.39 is 15.8 Å². The Labute approximate surface area is 170 Å². The van der Waals surface area contributed by atoms with Crippen molar-refractivity contribution in [2.24, 2.45) is 5.73 Å². The van der Waals surface area contributed by atoms with Crippen LogP contribution in [0.1, 0.15) is 15.2 Å². The van der Waals surface area contributed by atoms with E-state index in [2.05, 4.69) is 0 Å². The van der Waals surface area contributed by atoms with Crippen molar-refractivity contribution in [2.75, 3.05) is 6.26 Å². The molecule has 2 aromatic carbocycles. The van der Waals surface area contributed by atoms with Gasteiger partial charge in [-0.05, 0) is 47.7 Å². The standard InChI is InChI=1S/C19H16N2O4S3/c1-26-19-16(10-15(27-19)17(20)21)28(24,25)14-4-2-3-13(9-14)11-5-7-12(8-6-11)18(22)23/h2-10H,1H3,(H3,20,21)(H,22,23). The highest BCUT2D eigenvalue weighted by Crippen LogP contribution is 2.37. The third-order valence-electron chi connectivity index (χ3n) is 4.02. The topological polar surface area (TPSA) is 121 Å². The average molecular weight is 433 g/mol. The van der Waals surface area contributed by atoms with Crippen molar-refractivity contribution in [1.82, 2.24) is 0 Å². The minimum Gasteiger partial charge on any atom is -0.478 e. The summed E-state index contributed by atoms with van der Waals surface area (Å²) in [6.45, 7) is 0. The Morgan fingerprint density at radius 2 is 1.79 bits per heavy atom. The van der Waals surface area contributed by atoms with Crippen molar-refractivity contribution < 1.29 is 18.3 Å². The highest BCUT2D eigenvalue weighted by atomic mass is 32.2. The van der Waals surface area contributed by atoms with Gasteiger partial charge in [-0.3, -0.25) is 5.41 Å². The van der Waals surface area contributed by atoms with Crippen LogP contribution in [0.2, 0.25) is 0 Å². The van der Waals surface area contributed by atoms with Crippen LogP contribution in [-0.2, 0) is 9.84 Å². The fourth-order valence-electron chi connectivity index (χ4n) is 2.59. The number of aromatic carboxylic acids is 1. The van der Waals surface area contributed by atoms with E-state index in [-0.39, 0.29) is 21.2 Å². The van der Waals surface area contributed by atoms with Gasteiger partial charge in [-0.15, -0.1) is 23.1 Å². The van der Waals surface area contributed by atoms with E-state index in [4.69, 9.17) is 16.2 Å². The molecule has 3 rings (SSSR count). The minimum atomic E-state index is -3.80. The lowest BCUT2D eigenvalue weighted by atomic mass is 10.0. The smallest absolute Gasteiger partial charge is 0.335 e. The van der Waals surface area contributed by atoms with E-state index in [0.717, 1.165) is 0 Å². The summed E-state index contributed by atoms with van der Waals surface area (Å²) in [6.07, 6.45) is 1.77. The van der Waals surface area contributed by atoms with Gasteiger partial charge in [0.25, 0.3) is 0 Å². The predicted molar refractivity (Wildman–Crippen MR) is 111 cm³/mol. The van der Waals surface area contributed by atoms with Crippen LogP contribution in [0.5, 0.6) is 0 Å². The number of nitrogens with one attached hydrogen (secondary N) is 1. The van der Waals surface area contributed by atoms with Crippen LogP contribution in [0, 0.1) is 5.41 Å². The molecule has 0 aliphatic heterocycles. The molecule has 0 radical (unpaired) electrons. The first-order valence-corrected chi connectivity index (χ1v) is 11.5. The van der Waals surface area contributed by atoms with Crippen LogP contribution in [0.25, 0.3) is 11.1 Å². The Kier molecular flexibility index (Phi) is 5.59. The number of benzene rings is 2. The fraction of sp³-hybridized carbons (Fsp3) is 0.0526. The highest BCUT2D eigenvalue weighted by Gasteiger charge is 2.25. The van der Waals surface area contributed by atoms with Crippen LogP contribution in [0.15, 0.2) is 68.6 Å². The molecule has 9 heteroatoms. The molecule has 1 heterocycles. The zero-order valence-corrected chi connectivity index (χ0v) is 17.1. The van der Waals surface area contributed by atoms with Gasteiger partial charge in [0.1, 0.15) is 5.84 Å². The van der Waals surface area contributed by atoms with E-state index in [1.165, 1.54) is 47.4 Å². The second kappa shape index (κ2) is 7.78. The molecule has 0 unspecified atom stereocenters. The Hall–Kier alpha value is -2.62. The maximum absolute atomic E-state index is 13.2. The number of nitrogens with two attached hydrogens (primary N) is 1. The molecule has 0 aliphatic carbocycles. The molecule has 0 bridgehead atoms. The number of thiophene rings is 1. The molecule has 4 N–H and O–H groups in total. The highest BCUT2D eigenvalue weighted by molar-refractivity contribution is 8.01. The largest absolute Gasteiger partial charge is 0.478 e. The number of hydrogen-bond acceptors (Lipinski definition) is 6. The summed E-state index contributed by atoms with van der Waals surface area (Å²) in [7, 11) is -3.80. The normalized spacial score (nSPS) is 11.3. The summed E-state index contributed by atoms with van der Waals surface area (Å²) < 4.78 is 26.9. The van der Waals surface area contributed by atoms with Crippen molar-refractivity contribution in [3.05, 3.63) is 65.0 Å². The lowest BCUT2D eigenvalue weighted by Crippen LogP contribution is -2.08. The van der Waals surface area contributed by atoms with Crippen molar-refractivity contribution in [1.29, 1.82) is 5.41 Å². The number of hydrogen-bond donors (Lipinski definition) is 3. The number of carboxylic acids is 1. The van der Waals surface area contributed by atoms with Crippen LogP contribution >= 0.6 is 23.1 Å². The number of amidine groups is 1. The van der Waals surface area contributed by atoms with E-state index in [9.17, 15) is 13.2 Å². The summed E-state index contributed by atoms with van der Waals surface area (Å²) in [5.74, 6) is -1.19. The van der Waals surface area contributed by atoms with Crippen molar-refractivity contribution in [3.63, 3.8) is 0 Å². The van der Waals surface area contributed by atoms with Crippen LogP contribution < -0.4 is 5.73 Å². The van der Waals surface area contributed by atoms with E-state index in [0.29, 0.717) is 20.2 Å². The lowest BCUT2D eigenvalue weighted by molar-refractivity contribution is 0.0697. The Balaban J connectivity index is 2.06. The Morgan fingerprint density at radius 1 is 1.11 bits per heavy atom. The van der Waals surface area contributed by atoms with Gasteiger partial charge in [0, 0.05) is 0 Å². The minimum absolute atomic E-state index is 0.121. The third-order valence-corrected chi connectivity index (χ3v) is 8.35. The van der Waals surface area contributed by atoms with Gasteiger partial charge < -0.3 is 10.8 Å².